The number of nitrogens with one attached hydrogen (secondary N) is 1. The van der Waals surface area contributed by atoms with Crippen molar-refractivity contribution in [2.45, 2.75) is 50.7 Å². The van der Waals surface area contributed by atoms with E-state index in [-0.39, 0.29) is 11.7 Å². The molecule has 3 rings (SSSR count). The Kier molecular flexibility index (Phi) is 2.87. The fourth-order valence-corrected chi connectivity index (χ4v) is 3.24. The van der Waals surface area contributed by atoms with E-state index in [1.165, 1.54) is 25.9 Å². The predicted molar refractivity (Wildman–Crippen MR) is 66.6 cm³/mol. The molecule has 4 heteroatoms. The minimum Gasteiger partial charge on any atom is -0.326 e. The molecule has 1 N–H and O–H groups in total. The van der Waals surface area contributed by atoms with Crippen molar-refractivity contribution in [2.75, 3.05) is 26.2 Å². The second kappa shape index (κ2) is 4.25. The van der Waals surface area contributed by atoms with E-state index in [1.54, 1.807) is 0 Å². The molecule has 1 atom stereocenters. The maximum absolute atomic E-state index is 12.2. The molecule has 0 aromatic carbocycles. The Morgan fingerprint density at radius 2 is 2.00 bits per heavy atom. The lowest BCUT2D eigenvalue weighted by molar-refractivity contribution is -0.130. The van der Waals surface area contributed by atoms with E-state index in [4.69, 9.17) is 0 Å². The summed E-state index contributed by atoms with van der Waals surface area (Å²) in [6.45, 7) is 6.70. The molecule has 3 aliphatic rings. The lowest BCUT2D eigenvalue weighted by atomic mass is 10.2. The summed E-state index contributed by atoms with van der Waals surface area (Å²) in [6, 6.07) is 0. The zero-order valence-electron chi connectivity index (χ0n) is 10.7. The van der Waals surface area contributed by atoms with Gasteiger partial charge >= 0.3 is 0 Å². The minimum atomic E-state index is -0.132. The van der Waals surface area contributed by atoms with Crippen LogP contribution in [0.5, 0.6) is 0 Å². The highest BCUT2D eigenvalue weighted by Gasteiger charge is 2.57. The van der Waals surface area contributed by atoms with Crippen LogP contribution < -0.4 is 5.32 Å². The molecular weight excluding hydrogens is 214 g/mol. The molecule has 1 saturated carbocycles. The second-order valence-electron chi connectivity index (χ2n) is 5.80. The van der Waals surface area contributed by atoms with Gasteiger partial charge in [0.25, 0.3) is 0 Å². The van der Waals surface area contributed by atoms with Crippen molar-refractivity contribution in [3.8, 4) is 0 Å². The highest BCUT2D eigenvalue weighted by Crippen LogP contribution is 2.41. The third kappa shape index (κ3) is 2.08. The van der Waals surface area contributed by atoms with Crippen molar-refractivity contribution < 1.29 is 4.79 Å². The van der Waals surface area contributed by atoms with Crippen LogP contribution in [0.4, 0.5) is 0 Å². The second-order valence-corrected chi connectivity index (χ2v) is 5.80. The molecule has 0 aromatic heterocycles. The molecule has 0 bridgehead atoms. The molecule has 2 aliphatic heterocycles. The minimum absolute atomic E-state index is 0.132. The number of hydrogen-bond donors (Lipinski definition) is 1. The van der Waals surface area contributed by atoms with Gasteiger partial charge in [-0.3, -0.25) is 10.1 Å². The maximum atomic E-state index is 12.2. The summed E-state index contributed by atoms with van der Waals surface area (Å²) in [4.78, 5) is 16.7. The summed E-state index contributed by atoms with van der Waals surface area (Å²) < 4.78 is 0. The highest BCUT2D eigenvalue weighted by atomic mass is 16.2. The van der Waals surface area contributed by atoms with Gasteiger partial charge in [-0.2, -0.15) is 0 Å². The predicted octanol–water partition coefficient (Wildman–Crippen LogP) is 0.783. The number of carbonyl (C=O) groups excluding carboxylic acids is 1. The van der Waals surface area contributed by atoms with E-state index in [0.29, 0.717) is 5.91 Å². The first-order valence-corrected chi connectivity index (χ1v) is 7.02. The molecule has 0 aromatic rings. The topological polar surface area (TPSA) is 35.6 Å². The standard InChI is InChI=1S/C13H23N3O/c1-11-14-13(5-6-13)12(17)16(11)10-4-9-15-7-2-3-8-15/h11,14H,2-10H2,1H3. The Hall–Kier alpha value is -0.610. The van der Waals surface area contributed by atoms with Crippen molar-refractivity contribution in [3.63, 3.8) is 0 Å². The molecule has 1 spiro atoms. The highest BCUT2D eigenvalue weighted by molar-refractivity contribution is 5.91. The van der Waals surface area contributed by atoms with Crippen molar-refractivity contribution in [1.82, 2.24) is 15.1 Å². The SMILES string of the molecule is CC1NC2(CC2)C(=O)N1CCCN1CCCC1. The van der Waals surface area contributed by atoms with E-state index in [0.717, 1.165) is 32.4 Å². The fourth-order valence-electron chi connectivity index (χ4n) is 3.24. The van der Waals surface area contributed by atoms with Crippen LogP contribution in [0, 0.1) is 0 Å². The van der Waals surface area contributed by atoms with Crippen LogP contribution in [0.3, 0.4) is 0 Å². The molecule has 2 heterocycles. The molecule has 3 fully saturated rings. The van der Waals surface area contributed by atoms with Gasteiger partial charge in [-0.1, -0.05) is 0 Å². The number of amides is 1. The monoisotopic (exact) mass is 237 g/mol. The van der Waals surface area contributed by atoms with Gasteiger partial charge in [0.2, 0.25) is 5.91 Å². The summed E-state index contributed by atoms with van der Waals surface area (Å²) in [5, 5.41) is 3.45. The summed E-state index contributed by atoms with van der Waals surface area (Å²) >= 11 is 0. The summed E-state index contributed by atoms with van der Waals surface area (Å²) in [7, 11) is 0. The molecular formula is C13H23N3O. The quantitative estimate of drug-likeness (QED) is 0.785. The lowest BCUT2D eigenvalue weighted by Gasteiger charge is -2.22. The molecule has 2 saturated heterocycles. The van der Waals surface area contributed by atoms with E-state index in [2.05, 4.69) is 17.1 Å². The Morgan fingerprint density at radius 3 is 2.59 bits per heavy atom. The summed E-state index contributed by atoms with van der Waals surface area (Å²) in [6.07, 6.45) is 6.14. The fraction of sp³-hybridized carbons (Fsp3) is 0.923. The number of rotatable bonds is 4. The van der Waals surface area contributed by atoms with E-state index >= 15 is 0 Å². The molecule has 4 nitrogen and oxygen atoms in total. The first kappa shape index (κ1) is 11.5. The van der Waals surface area contributed by atoms with Gasteiger partial charge in [-0.05, 0) is 58.7 Å². The number of hydrogen-bond acceptors (Lipinski definition) is 3. The lowest BCUT2D eigenvalue weighted by Crippen LogP contribution is -2.36. The van der Waals surface area contributed by atoms with Crippen LogP contribution in [0.25, 0.3) is 0 Å². The van der Waals surface area contributed by atoms with Crippen molar-refractivity contribution in [2.24, 2.45) is 0 Å². The molecule has 17 heavy (non-hydrogen) atoms. The van der Waals surface area contributed by atoms with Crippen molar-refractivity contribution in [3.05, 3.63) is 0 Å². The zero-order chi connectivity index (χ0) is 11.9. The molecule has 1 amide bonds. The van der Waals surface area contributed by atoms with Crippen LogP contribution in [-0.2, 0) is 4.79 Å². The van der Waals surface area contributed by atoms with Gasteiger partial charge in [0.15, 0.2) is 0 Å². The third-order valence-electron chi connectivity index (χ3n) is 4.44. The maximum Gasteiger partial charge on any atom is 0.244 e. The van der Waals surface area contributed by atoms with Crippen LogP contribution >= 0.6 is 0 Å². The smallest absolute Gasteiger partial charge is 0.244 e. The third-order valence-corrected chi connectivity index (χ3v) is 4.44. The van der Waals surface area contributed by atoms with Crippen LogP contribution in [0.1, 0.15) is 39.0 Å². The van der Waals surface area contributed by atoms with Gasteiger partial charge in [0, 0.05) is 6.54 Å². The average Bonchev–Trinajstić information content (AvgIpc) is 2.82. The van der Waals surface area contributed by atoms with Crippen LogP contribution in [0.15, 0.2) is 0 Å². The molecule has 96 valence electrons. The Labute approximate surface area is 103 Å². The van der Waals surface area contributed by atoms with Gasteiger partial charge in [-0.25, -0.2) is 0 Å². The van der Waals surface area contributed by atoms with Gasteiger partial charge < -0.3 is 9.80 Å². The Morgan fingerprint density at radius 1 is 1.29 bits per heavy atom. The molecule has 1 aliphatic carbocycles. The largest absolute Gasteiger partial charge is 0.326 e. The first-order chi connectivity index (χ1) is 8.21. The first-order valence-electron chi connectivity index (χ1n) is 7.02. The van der Waals surface area contributed by atoms with Gasteiger partial charge in [0.1, 0.15) is 0 Å². The van der Waals surface area contributed by atoms with Crippen molar-refractivity contribution >= 4 is 5.91 Å². The van der Waals surface area contributed by atoms with Gasteiger partial charge in [0.05, 0.1) is 11.7 Å². The Bertz CT molecular complexity index is 308. The normalized spacial score (nSPS) is 31.7. The van der Waals surface area contributed by atoms with E-state index in [9.17, 15) is 4.79 Å². The van der Waals surface area contributed by atoms with Crippen LogP contribution in [-0.4, -0.2) is 53.6 Å². The number of carbonyl (C=O) groups is 1. The average molecular weight is 237 g/mol. The van der Waals surface area contributed by atoms with E-state index in [1.807, 2.05) is 4.90 Å². The zero-order valence-corrected chi connectivity index (χ0v) is 10.7. The molecule has 1 unspecified atom stereocenters. The van der Waals surface area contributed by atoms with Crippen molar-refractivity contribution in [1.29, 1.82) is 0 Å². The van der Waals surface area contributed by atoms with Gasteiger partial charge in [-0.15, -0.1) is 0 Å². The number of nitrogens with zero attached hydrogens (tertiary/aromatic N) is 2. The van der Waals surface area contributed by atoms with E-state index < -0.39 is 0 Å². The number of likely N-dealkylation sites (tertiary alicyclic amines) is 1. The summed E-state index contributed by atoms with van der Waals surface area (Å²) in [5.41, 5.74) is -0.132. The Balaban J connectivity index is 1.46. The molecule has 0 radical (unpaired) electrons. The summed E-state index contributed by atoms with van der Waals surface area (Å²) in [5.74, 6) is 0.353. The van der Waals surface area contributed by atoms with Crippen LogP contribution in [0.2, 0.25) is 0 Å².